The lowest BCUT2D eigenvalue weighted by Gasteiger charge is -2.36. The van der Waals surface area contributed by atoms with E-state index in [1.165, 1.54) is 12.1 Å². The highest BCUT2D eigenvalue weighted by Crippen LogP contribution is 2.51. The minimum absolute atomic E-state index is 0.185. The van der Waals surface area contributed by atoms with Crippen molar-refractivity contribution >= 4 is 10.8 Å². The van der Waals surface area contributed by atoms with Gasteiger partial charge in [0.05, 0.1) is 0 Å². The van der Waals surface area contributed by atoms with Gasteiger partial charge in [-0.2, -0.15) is 0 Å². The van der Waals surface area contributed by atoms with Crippen molar-refractivity contribution in [2.75, 3.05) is 0 Å². The Morgan fingerprint density at radius 1 is 0.636 bits per heavy atom. The van der Waals surface area contributed by atoms with Crippen LogP contribution < -0.4 is 0 Å². The summed E-state index contributed by atoms with van der Waals surface area (Å²) in [5.74, 6) is -0.991. The molecule has 106 valence electrons. The molecule has 0 saturated carbocycles. The van der Waals surface area contributed by atoms with Crippen LogP contribution >= 0.6 is 0 Å². The molecule has 0 saturated heterocycles. The molecule has 2 heteroatoms. The van der Waals surface area contributed by atoms with E-state index in [0.29, 0.717) is 11.1 Å². The van der Waals surface area contributed by atoms with Gasteiger partial charge in [0.2, 0.25) is 0 Å². The molecule has 0 aromatic heterocycles. The fourth-order valence-corrected chi connectivity index (χ4v) is 3.96. The number of rotatable bonds is 0. The molecule has 3 aliphatic rings. The van der Waals surface area contributed by atoms with Crippen LogP contribution in [0.1, 0.15) is 34.1 Å². The second-order valence-corrected chi connectivity index (χ2v) is 6.03. The number of fused-ring (bicyclic) bond motifs is 1. The summed E-state index contributed by atoms with van der Waals surface area (Å²) in [6, 6.07) is 14.8. The molecule has 0 radical (unpaired) electrons. The molecule has 0 nitrogen and oxygen atoms in total. The average Bonchev–Trinajstić information content (AvgIpc) is 2.56. The van der Waals surface area contributed by atoms with Gasteiger partial charge in [-0.05, 0) is 46.2 Å². The summed E-state index contributed by atoms with van der Waals surface area (Å²) in [4.78, 5) is 0. The molecule has 2 atom stereocenters. The first-order chi connectivity index (χ1) is 10.7. The van der Waals surface area contributed by atoms with Gasteiger partial charge in [0.1, 0.15) is 11.6 Å². The van der Waals surface area contributed by atoms with Crippen molar-refractivity contribution in [3.05, 3.63) is 94.6 Å². The molecular formula is C20H12F2. The Bertz CT molecular complexity index is 891. The molecule has 3 aromatic rings. The number of benzene rings is 3. The van der Waals surface area contributed by atoms with Gasteiger partial charge in [0, 0.05) is 23.0 Å². The first-order valence-corrected chi connectivity index (χ1v) is 7.43. The lowest BCUT2D eigenvalue weighted by Crippen LogP contribution is -2.23. The highest BCUT2D eigenvalue weighted by atomic mass is 19.1. The standard InChI is InChI=1S/C20H12F2/c21-17-7-8-18(22)20-14-6-5-13(19(17)20)15-9-11-3-1-2-4-12(11)10-16(14)15/h1-10,13-14H. The molecule has 2 bridgehead atoms. The molecule has 3 aromatic carbocycles. The molecule has 3 aliphatic carbocycles. The van der Waals surface area contributed by atoms with Crippen molar-refractivity contribution in [2.45, 2.75) is 11.8 Å². The third kappa shape index (κ3) is 1.40. The zero-order chi connectivity index (χ0) is 14.8. The number of hydrogen-bond acceptors (Lipinski definition) is 0. The topological polar surface area (TPSA) is 0 Å². The van der Waals surface area contributed by atoms with E-state index in [-0.39, 0.29) is 23.5 Å². The molecule has 0 N–H and O–H groups in total. The fourth-order valence-electron chi connectivity index (χ4n) is 3.96. The van der Waals surface area contributed by atoms with Crippen LogP contribution in [0.25, 0.3) is 10.8 Å². The molecule has 0 aliphatic heterocycles. The molecule has 0 amide bonds. The van der Waals surface area contributed by atoms with Crippen LogP contribution in [0.4, 0.5) is 8.78 Å². The smallest absolute Gasteiger partial charge is 0.127 e. The Balaban J connectivity index is 1.87. The van der Waals surface area contributed by atoms with E-state index in [0.717, 1.165) is 21.9 Å². The molecule has 22 heavy (non-hydrogen) atoms. The van der Waals surface area contributed by atoms with Gasteiger partial charge in [-0.1, -0.05) is 36.4 Å². The van der Waals surface area contributed by atoms with Crippen LogP contribution in [-0.4, -0.2) is 0 Å². The lowest BCUT2D eigenvalue weighted by molar-refractivity contribution is 0.554. The van der Waals surface area contributed by atoms with Crippen LogP contribution in [0.5, 0.6) is 0 Å². The fraction of sp³-hybridized carbons (Fsp3) is 0.100. The third-order valence-corrected chi connectivity index (χ3v) is 4.92. The second-order valence-electron chi connectivity index (χ2n) is 6.03. The lowest BCUT2D eigenvalue weighted by atomic mass is 9.67. The van der Waals surface area contributed by atoms with E-state index in [4.69, 9.17) is 0 Å². The Morgan fingerprint density at radius 2 is 1.09 bits per heavy atom. The van der Waals surface area contributed by atoms with Crippen molar-refractivity contribution in [3.8, 4) is 0 Å². The van der Waals surface area contributed by atoms with Gasteiger partial charge in [-0.3, -0.25) is 0 Å². The van der Waals surface area contributed by atoms with Crippen LogP contribution in [0.3, 0.4) is 0 Å². The number of halogens is 2. The second kappa shape index (κ2) is 4.04. The van der Waals surface area contributed by atoms with Gasteiger partial charge >= 0.3 is 0 Å². The minimum Gasteiger partial charge on any atom is -0.207 e. The maximum atomic E-state index is 14.3. The summed E-state index contributed by atoms with van der Waals surface area (Å²) in [7, 11) is 0. The predicted octanol–water partition coefficient (Wildman–Crippen LogP) is 5.27. The van der Waals surface area contributed by atoms with E-state index in [9.17, 15) is 8.78 Å². The SMILES string of the molecule is Fc1ccc(F)c2c1C1C=CC2c2cc3ccccc3cc21. The summed E-state index contributed by atoms with van der Waals surface area (Å²) < 4.78 is 28.6. The first kappa shape index (κ1) is 12.1. The van der Waals surface area contributed by atoms with E-state index in [1.807, 2.05) is 24.3 Å². The van der Waals surface area contributed by atoms with Crippen LogP contribution in [-0.2, 0) is 0 Å². The van der Waals surface area contributed by atoms with Crippen LogP contribution in [0, 0.1) is 11.6 Å². The van der Waals surface area contributed by atoms with E-state index < -0.39 is 0 Å². The average molecular weight is 290 g/mol. The molecule has 6 rings (SSSR count). The van der Waals surface area contributed by atoms with Gasteiger partial charge in [-0.25, -0.2) is 8.78 Å². The Hall–Kier alpha value is -2.48. The largest absolute Gasteiger partial charge is 0.207 e. The molecule has 0 spiro atoms. The normalized spacial score (nSPS) is 21.0. The Kier molecular flexibility index (Phi) is 2.22. The predicted molar refractivity (Wildman–Crippen MR) is 83.1 cm³/mol. The maximum Gasteiger partial charge on any atom is 0.127 e. The van der Waals surface area contributed by atoms with E-state index >= 15 is 0 Å². The Morgan fingerprint density at radius 3 is 1.55 bits per heavy atom. The quantitative estimate of drug-likeness (QED) is 0.495. The third-order valence-electron chi connectivity index (χ3n) is 4.92. The summed E-state index contributed by atoms with van der Waals surface area (Å²) >= 11 is 0. The highest BCUT2D eigenvalue weighted by molar-refractivity contribution is 5.86. The Labute approximate surface area is 126 Å². The van der Waals surface area contributed by atoms with Crippen LogP contribution in [0.2, 0.25) is 0 Å². The van der Waals surface area contributed by atoms with Crippen molar-refractivity contribution in [2.24, 2.45) is 0 Å². The summed E-state index contributed by atoms with van der Waals surface area (Å²) in [5.41, 5.74) is 3.22. The van der Waals surface area contributed by atoms with Crippen molar-refractivity contribution < 1.29 is 8.78 Å². The number of allylic oxidation sites excluding steroid dienone is 2. The van der Waals surface area contributed by atoms with E-state index in [1.54, 1.807) is 0 Å². The van der Waals surface area contributed by atoms with Gasteiger partial charge < -0.3 is 0 Å². The zero-order valence-corrected chi connectivity index (χ0v) is 11.7. The maximum absolute atomic E-state index is 14.3. The van der Waals surface area contributed by atoms with Gasteiger partial charge in [0.25, 0.3) is 0 Å². The molecule has 2 unspecified atom stereocenters. The van der Waals surface area contributed by atoms with E-state index in [2.05, 4.69) is 24.3 Å². The zero-order valence-electron chi connectivity index (χ0n) is 11.7. The minimum atomic E-state index is -0.311. The monoisotopic (exact) mass is 290 g/mol. The number of hydrogen-bond donors (Lipinski definition) is 0. The molecule has 0 heterocycles. The van der Waals surface area contributed by atoms with Gasteiger partial charge in [0.15, 0.2) is 0 Å². The summed E-state index contributed by atoms with van der Waals surface area (Å²) in [6.45, 7) is 0. The van der Waals surface area contributed by atoms with Gasteiger partial charge in [-0.15, -0.1) is 0 Å². The van der Waals surface area contributed by atoms with Crippen molar-refractivity contribution in [3.63, 3.8) is 0 Å². The highest BCUT2D eigenvalue weighted by Gasteiger charge is 2.37. The molecule has 0 fully saturated rings. The molecular weight excluding hydrogens is 278 g/mol. The van der Waals surface area contributed by atoms with Crippen molar-refractivity contribution in [1.29, 1.82) is 0 Å². The first-order valence-electron chi connectivity index (χ1n) is 7.43. The summed E-state index contributed by atoms with van der Waals surface area (Å²) in [5, 5.41) is 2.28. The van der Waals surface area contributed by atoms with Crippen LogP contribution in [0.15, 0.2) is 60.7 Å². The van der Waals surface area contributed by atoms with Crippen molar-refractivity contribution in [1.82, 2.24) is 0 Å². The summed E-state index contributed by atoms with van der Waals surface area (Å²) in [6.07, 6.45) is 4.01.